The van der Waals surface area contributed by atoms with Gasteiger partial charge in [0.15, 0.2) is 10.4 Å². The lowest BCUT2D eigenvalue weighted by Gasteiger charge is -2.11. The third kappa shape index (κ3) is 8.60. The van der Waals surface area contributed by atoms with Gasteiger partial charge in [-0.15, -0.1) is 0 Å². The number of Topliss-reactive ketones (excluding diaryl/α,β-unsaturated/α-hetero) is 2. The maximum absolute atomic E-state index is 12.3. The molecule has 0 aliphatic carbocycles. The van der Waals surface area contributed by atoms with Gasteiger partial charge in [0, 0.05) is 11.1 Å². The fraction of sp³-hybridized carbons (Fsp3) is 0.300. The Hall–Kier alpha value is 2.16. The Morgan fingerprint density at radius 1 is 0.571 bits per heavy atom. The standard InChI is InChI=1S/C20H16I6O2/c21-19(22,23)17(27)15-9-5-13(6-10-15)3-1-2-4-14-7-11-16(12-8-14)18(28)20(24,25)26/h5-12H,1-4H2. The third-order valence-corrected chi connectivity index (χ3v) is 7.07. The van der Waals surface area contributed by atoms with Gasteiger partial charge in [-0.05, 0) is 172 Å². The number of carbonyl (C=O) groups is 2. The van der Waals surface area contributed by atoms with Gasteiger partial charge in [-0.3, -0.25) is 9.59 Å². The van der Waals surface area contributed by atoms with Gasteiger partial charge >= 0.3 is 0 Å². The molecule has 2 aromatic carbocycles. The van der Waals surface area contributed by atoms with E-state index in [4.69, 9.17) is 0 Å². The van der Waals surface area contributed by atoms with Crippen molar-refractivity contribution in [1.29, 1.82) is 0 Å². The molecule has 0 N–H and O–H groups in total. The number of unbranched alkanes of at least 4 members (excludes halogenated alkanes) is 1. The molecule has 0 aromatic heterocycles. The van der Waals surface area contributed by atoms with Crippen molar-refractivity contribution in [3.63, 3.8) is 0 Å². The minimum atomic E-state index is -0.430. The number of alkyl halides is 6. The van der Waals surface area contributed by atoms with Crippen LogP contribution in [0.1, 0.15) is 44.7 Å². The summed E-state index contributed by atoms with van der Waals surface area (Å²) in [6.07, 6.45) is 4.22. The Labute approximate surface area is 247 Å². The van der Waals surface area contributed by atoms with Crippen molar-refractivity contribution >= 4 is 147 Å². The van der Waals surface area contributed by atoms with Crippen molar-refractivity contribution in [2.45, 2.75) is 24.6 Å². The van der Waals surface area contributed by atoms with E-state index in [1.54, 1.807) is 0 Å². The lowest BCUT2D eigenvalue weighted by atomic mass is 10.0. The van der Waals surface area contributed by atoms with Crippen LogP contribution in [0.5, 0.6) is 0 Å². The van der Waals surface area contributed by atoms with E-state index in [0.29, 0.717) is 0 Å². The van der Waals surface area contributed by atoms with Crippen molar-refractivity contribution in [2.24, 2.45) is 0 Å². The van der Waals surface area contributed by atoms with Gasteiger partial charge in [0.05, 0.1) is 0 Å². The smallest absolute Gasteiger partial charge is 0.198 e. The number of rotatable bonds is 9. The number of benzene rings is 2. The number of ketones is 2. The molecule has 0 heterocycles. The second kappa shape index (κ2) is 11.9. The van der Waals surface area contributed by atoms with E-state index in [2.05, 4.69) is 160 Å². The average molecular weight is 1050 g/mol. The first-order chi connectivity index (χ1) is 13.0. The van der Waals surface area contributed by atoms with Gasteiger partial charge in [0.1, 0.15) is 0 Å². The molecule has 2 nitrogen and oxygen atoms in total. The summed E-state index contributed by atoms with van der Waals surface area (Å²) in [4.78, 5) is 24.5. The normalized spacial score (nSPS) is 12.1. The number of carbonyl (C=O) groups excluding carboxylic acids is 2. The van der Waals surface area contributed by atoms with Crippen molar-refractivity contribution in [2.75, 3.05) is 0 Å². The molecule has 0 spiro atoms. The van der Waals surface area contributed by atoms with E-state index in [1.807, 2.05) is 24.3 Å². The largest absolute Gasteiger partial charge is 0.291 e. The Morgan fingerprint density at radius 3 is 1.11 bits per heavy atom. The van der Waals surface area contributed by atoms with Crippen LogP contribution in [0, 0.1) is 0 Å². The molecule has 28 heavy (non-hydrogen) atoms. The molecule has 0 aliphatic heterocycles. The minimum Gasteiger partial charge on any atom is -0.291 e. The zero-order valence-electron chi connectivity index (χ0n) is 14.5. The fourth-order valence-corrected chi connectivity index (χ4v) is 4.50. The van der Waals surface area contributed by atoms with Crippen LogP contribution >= 0.6 is 136 Å². The molecule has 0 amide bonds. The summed E-state index contributed by atoms with van der Waals surface area (Å²) in [5.74, 6) is 0.292. The summed E-state index contributed by atoms with van der Waals surface area (Å²) < 4.78 is -0.860. The predicted octanol–water partition coefficient (Wildman–Crippen LogP) is 8.54. The lowest BCUT2D eigenvalue weighted by Crippen LogP contribution is -2.16. The molecule has 0 atom stereocenters. The van der Waals surface area contributed by atoms with E-state index in [0.717, 1.165) is 36.8 Å². The minimum absolute atomic E-state index is 0.146. The topological polar surface area (TPSA) is 34.1 Å². The van der Waals surface area contributed by atoms with Crippen LogP contribution in [0.3, 0.4) is 0 Å². The quantitative estimate of drug-likeness (QED) is 0.109. The van der Waals surface area contributed by atoms with Crippen LogP contribution in [0.4, 0.5) is 0 Å². The molecule has 0 aliphatic rings. The van der Waals surface area contributed by atoms with Crippen LogP contribution in [0.25, 0.3) is 0 Å². The Bertz CT molecular complexity index is 746. The highest BCUT2D eigenvalue weighted by atomic mass is 127. The molecule has 2 rings (SSSR count). The van der Waals surface area contributed by atoms with Gasteiger partial charge in [-0.25, -0.2) is 0 Å². The molecule has 0 saturated carbocycles. The Morgan fingerprint density at radius 2 is 0.857 bits per heavy atom. The van der Waals surface area contributed by atoms with Gasteiger partial charge in [-0.1, -0.05) is 48.5 Å². The van der Waals surface area contributed by atoms with Crippen molar-refractivity contribution in [3.05, 3.63) is 70.8 Å². The van der Waals surface area contributed by atoms with Crippen molar-refractivity contribution in [3.8, 4) is 0 Å². The monoisotopic (exact) mass is 1050 g/mol. The third-order valence-electron chi connectivity index (χ3n) is 4.13. The fourth-order valence-electron chi connectivity index (χ4n) is 2.63. The summed E-state index contributed by atoms with van der Waals surface area (Å²) in [6.45, 7) is 0. The zero-order valence-corrected chi connectivity index (χ0v) is 27.5. The summed E-state index contributed by atoms with van der Waals surface area (Å²) in [5, 5.41) is 0. The molecule has 150 valence electrons. The summed E-state index contributed by atoms with van der Waals surface area (Å²) >= 11 is 13.0. The Balaban J connectivity index is 1.81. The van der Waals surface area contributed by atoms with Gasteiger partial charge in [-0.2, -0.15) is 0 Å². The molecular weight excluding hydrogens is 1030 g/mol. The first-order valence-corrected chi connectivity index (χ1v) is 14.9. The van der Waals surface area contributed by atoms with Crippen molar-refractivity contribution in [1.82, 2.24) is 0 Å². The summed E-state index contributed by atoms with van der Waals surface area (Å²) in [6, 6.07) is 16.0. The van der Waals surface area contributed by atoms with E-state index in [9.17, 15) is 9.59 Å². The van der Waals surface area contributed by atoms with Crippen LogP contribution in [-0.4, -0.2) is 10.4 Å². The highest BCUT2D eigenvalue weighted by Crippen LogP contribution is 2.39. The van der Waals surface area contributed by atoms with Gasteiger partial charge < -0.3 is 0 Å². The van der Waals surface area contributed by atoms with Crippen molar-refractivity contribution < 1.29 is 9.59 Å². The second-order valence-corrected chi connectivity index (χ2v) is 28.3. The van der Waals surface area contributed by atoms with E-state index in [-0.39, 0.29) is 11.6 Å². The molecule has 0 unspecified atom stereocenters. The predicted molar refractivity (Wildman–Crippen MR) is 168 cm³/mol. The van der Waals surface area contributed by atoms with Crippen LogP contribution in [0.15, 0.2) is 48.5 Å². The molecule has 0 fully saturated rings. The maximum atomic E-state index is 12.3. The van der Waals surface area contributed by atoms with Crippen LogP contribution < -0.4 is 0 Å². The van der Waals surface area contributed by atoms with Crippen LogP contribution in [0.2, 0.25) is 0 Å². The number of halogens is 6. The Kier molecular flexibility index (Phi) is 11.2. The molecule has 2 aromatic rings. The first kappa shape index (κ1) is 26.4. The number of aryl methyl sites for hydroxylation is 2. The SMILES string of the molecule is O=C(c1ccc(CCCCc2ccc(C(=O)C(I)(I)I)cc2)cc1)C(I)(I)I. The molecule has 8 heteroatoms. The lowest BCUT2D eigenvalue weighted by molar-refractivity contribution is 0.101. The van der Waals surface area contributed by atoms with Gasteiger partial charge in [0.25, 0.3) is 0 Å². The number of hydrogen-bond acceptors (Lipinski definition) is 2. The number of hydrogen-bond donors (Lipinski definition) is 0. The highest BCUT2D eigenvalue weighted by Gasteiger charge is 2.29. The molecular formula is C20H16I6O2. The summed E-state index contributed by atoms with van der Waals surface area (Å²) in [5.41, 5.74) is 4.07. The van der Waals surface area contributed by atoms with Crippen LogP contribution in [-0.2, 0) is 12.8 Å². The van der Waals surface area contributed by atoms with Gasteiger partial charge in [0.2, 0.25) is 0 Å². The average Bonchev–Trinajstić information content (AvgIpc) is 2.63. The molecule has 0 bridgehead atoms. The van der Waals surface area contributed by atoms with E-state index >= 15 is 0 Å². The van der Waals surface area contributed by atoms with E-state index in [1.165, 1.54) is 11.1 Å². The molecule has 0 saturated heterocycles. The maximum Gasteiger partial charge on any atom is 0.198 e. The molecule has 0 radical (unpaired) electrons. The van der Waals surface area contributed by atoms with E-state index < -0.39 is -1.13 Å². The zero-order chi connectivity index (χ0) is 20.9. The summed E-state index contributed by atoms with van der Waals surface area (Å²) in [7, 11) is 0. The highest BCUT2D eigenvalue weighted by molar-refractivity contribution is 14.3. The second-order valence-electron chi connectivity index (χ2n) is 6.25. The first-order valence-electron chi connectivity index (χ1n) is 8.39.